The lowest BCUT2D eigenvalue weighted by Crippen LogP contribution is -1.94. The van der Waals surface area contributed by atoms with Crippen LogP contribution >= 0.6 is 0 Å². The molecule has 0 saturated carbocycles. The molecule has 0 radical (unpaired) electrons. The van der Waals surface area contributed by atoms with Crippen molar-refractivity contribution in [3.63, 3.8) is 0 Å². The number of hydrogen-bond donors (Lipinski definition) is 0. The molecule has 0 aliphatic rings. The Morgan fingerprint density at radius 1 is 0.600 bits per heavy atom. The predicted molar refractivity (Wildman–Crippen MR) is 104 cm³/mol. The van der Waals surface area contributed by atoms with E-state index >= 15 is 0 Å². The minimum atomic E-state index is 0.908. The van der Waals surface area contributed by atoms with E-state index in [9.17, 15) is 0 Å². The highest BCUT2D eigenvalue weighted by atomic mass is 14.7. The fraction of sp³-hybridized carbons (Fsp3) is 0.0417. The third-order valence-electron chi connectivity index (χ3n) is 4.39. The van der Waals surface area contributed by atoms with Gasteiger partial charge in [0.2, 0.25) is 0 Å². The van der Waals surface area contributed by atoms with E-state index in [0.29, 0.717) is 0 Å². The maximum Gasteiger partial charge on any atom is 0.0702 e. The molecule has 3 aromatic carbocycles. The molecule has 1 heterocycles. The van der Waals surface area contributed by atoms with Crippen LogP contribution in [-0.2, 0) is 6.42 Å². The lowest BCUT2D eigenvalue weighted by atomic mass is 9.92. The molecule has 0 atom stereocenters. The average molecular weight is 321 g/mol. The molecule has 1 heteroatoms. The average Bonchev–Trinajstić information content (AvgIpc) is 2.70. The van der Waals surface area contributed by atoms with Gasteiger partial charge in [0.25, 0.3) is 0 Å². The van der Waals surface area contributed by atoms with Crippen LogP contribution in [0.25, 0.3) is 22.4 Å². The molecule has 0 N–H and O–H groups in total. The molecule has 1 aromatic heterocycles. The molecule has 0 aliphatic carbocycles. The van der Waals surface area contributed by atoms with E-state index in [1.807, 2.05) is 18.3 Å². The molecule has 0 amide bonds. The number of benzene rings is 3. The van der Waals surface area contributed by atoms with E-state index in [-0.39, 0.29) is 0 Å². The van der Waals surface area contributed by atoms with E-state index in [1.165, 1.54) is 22.3 Å². The van der Waals surface area contributed by atoms with Crippen molar-refractivity contribution in [1.29, 1.82) is 0 Å². The van der Waals surface area contributed by atoms with Crippen LogP contribution in [-0.4, -0.2) is 4.98 Å². The molecule has 0 unspecified atom stereocenters. The molecule has 0 aliphatic heterocycles. The zero-order valence-corrected chi connectivity index (χ0v) is 14.0. The summed E-state index contributed by atoms with van der Waals surface area (Å²) in [6.45, 7) is 0. The summed E-state index contributed by atoms with van der Waals surface area (Å²) in [5.41, 5.74) is 7.34. The first kappa shape index (κ1) is 15.3. The van der Waals surface area contributed by atoms with Crippen LogP contribution in [0.5, 0.6) is 0 Å². The predicted octanol–water partition coefficient (Wildman–Crippen LogP) is 6.01. The number of hydrogen-bond acceptors (Lipinski definition) is 1. The summed E-state index contributed by atoms with van der Waals surface area (Å²) in [5, 5.41) is 0. The minimum absolute atomic E-state index is 0.908. The fourth-order valence-electron chi connectivity index (χ4n) is 3.15. The monoisotopic (exact) mass is 321 g/mol. The fourth-order valence-corrected chi connectivity index (χ4v) is 3.15. The molecule has 25 heavy (non-hydrogen) atoms. The van der Waals surface area contributed by atoms with Crippen LogP contribution in [0, 0.1) is 0 Å². The first-order valence-electron chi connectivity index (χ1n) is 8.54. The molecule has 0 fully saturated rings. The second-order valence-corrected chi connectivity index (χ2v) is 6.12. The van der Waals surface area contributed by atoms with Crippen LogP contribution < -0.4 is 0 Å². The van der Waals surface area contributed by atoms with Crippen molar-refractivity contribution in [3.05, 3.63) is 114 Å². The second kappa shape index (κ2) is 7.14. The van der Waals surface area contributed by atoms with Crippen LogP contribution in [0.3, 0.4) is 0 Å². The lowest BCUT2D eigenvalue weighted by molar-refractivity contribution is 1.19. The Labute approximate surface area is 148 Å². The van der Waals surface area contributed by atoms with E-state index < -0.39 is 0 Å². The van der Waals surface area contributed by atoms with E-state index in [4.69, 9.17) is 0 Å². The summed E-state index contributed by atoms with van der Waals surface area (Å²) in [6.07, 6.45) is 2.75. The van der Waals surface area contributed by atoms with Gasteiger partial charge in [-0.05, 0) is 46.9 Å². The number of pyridine rings is 1. The van der Waals surface area contributed by atoms with Gasteiger partial charge in [0.05, 0.1) is 5.69 Å². The quantitative estimate of drug-likeness (QED) is 0.449. The molecule has 1 nitrogen and oxygen atoms in total. The summed E-state index contributed by atoms with van der Waals surface area (Å²) >= 11 is 0. The zero-order valence-electron chi connectivity index (χ0n) is 14.0. The third-order valence-corrected chi connectivity index (χ3v) is 4.39. The Morgan fingerprint density at radius 2 is 1.32 bits per heavy atom. The van der Waals surface area contributed by atoms with E-state index in [1.54, 1.807) is 0 Å². The molecule has 4 aromatic rings. The van der Waals surface area contributed by atoms with Gasteiger partial charge in [-0.25, -0.2) is 0 Å². The molecule has 0 saturated heterocycles. The van der Waals surface area contributed by atoms with Crippen molar-refractivity contribution in [2.24, 2.45) is 0 Å². The second-order valence-electron chi connectivity index (χ2n) is 6.12. The highest BCUT2D eigenvalue weighted by molar-refractivity contribution is 5.73. The van der Waals surface area contributed by atoms with Crippen LogP contribution in [0.4, 0.5) is 0 Å². The van der Waals surface area contributed by atoms with Gasteiger partial charge in [-0.15, -0.1) is 0 Å². The largest absolute Gasteiger partial charge is 0.256 e. The summed E-state index contributed by atoms with van der Waals surface area (Å²) in [5.74, 6) is 0. The van der Waals surface area contributed by atoms with Crippen molar-refractivity contribution in [1.82, 2.24) is 4.98 Å². The van der Waals surface area contributed by atoms with Gasteiger partial charge < -0.3 is 0 Å². The summed E-state index contributed by atoms with van der Waals surface area (Å²) in [4.78, 5) is 4.50. The Morgan fingerprint density at radius 3 is 2.04 bits per heavy atom. The molecule has 0 bridgehead atoms. The van der Waals surface area contributed by atoms with Crippen LogP contribution in [0.2, 0.25) is 0 Å². The van der Waals surface area contributed by atoms with Crippen molar-refractivity contribution < 1.29 is 0 Å². The van der Waals surface area contributed by atoms with Gasteiger partial charge >= 0.3 is 0 Å². The molecular weight excluding hydrogens is 302 g/mol. The molecule has 4 rings (SSSR count). The van der Waals surface area contributed by atoms with E-state index in [2.05, 4.69) is 89.9 Å². The van der Waals surface area contributed by atoms with Gasteiger partial charge in [-0.2, -0.15) is 0 Å². The topological polar surface area (TPSA) is 12.9 Å². The Bertz CT molecular complexity index is 945. The first-order chi connectivity index (χ1) is 12.4. The van der Waals surface area contributed by atoms with Crippen LogP contribution in [0.15, 0.2) is 103 Å². The van der Waals surface area contributed by atoms with E-state index in [0.717, 1.165) is 17.7 Å². The normalized spacial score (nSPS) is 10.6. The van der Waals surface area contributed by atoms with Gasteiger partial charge in [0.1, 0.15) is 0 Å². The summed E-state index contributed by atoms with van der Waals surface area (Å²) in [7, 11) is 0. The Kier molecular flexibility index (Phi) is 4.38. The smallest absolute Gasteiger partial charge is 0.0702 e. The minimum Gasteiger partial charge on any atom is -0.256 e. The standard InChI is InChI=1S/C24H19N/c1-3-9-19(10-4-1)17-22-18-21(24-13-7-8-16-25-24)14-15-23(22)20-11-5-2-6-12-20/h1-16,18H,17H2. The van der Waals surface area contributed by atoms with Gasteiger partial charge in [-0.1, -0.05) is 78.9 Å². The number of aromatic nitrogens is 1. The van der Waals surface area contributed by atoms with Crippen molar-refractivity contribution >= 4 is 0 Å². The Balaban J connectivity index is 1.81. The maximum atomic E-state index is 4.50. The van der Waals surface area contributed by atoms with Gasteiger partial charge in [-0.3, -0.25) is 4.98 Å². The van der Waals surface area contributed by atoms with Crippen molar-refractivity contribution in [3.8, 4) is 22.4 Å². The highest BCUT2D eigenvalue weighted by Gasteiger charge is 2.09. The first-order valence-corrected chi connectivity index (χ1v) is 8.54. The number of nitrogens with zero attached hydrogens (tertiary/aromatic N) is 1. The van der Waals surface area contributed by atoms with Crippen molar-refractivity contribution in [2.45, 2.75) is 6.42 Å². The molecule has 120 valence electrons. The van der Waals surface area contributed by atoms with Gasteiger partial charge in [0.15, 0.2) is 0 Å². The zero-order chi connectivity index (χ0) is 16.9. The van der Waals surface area contributed by atoms with Crippen molar-refractivity contribution in [2.75, 3.05) is 0 Å². The summed E-state index contributed by atoms with van der Waals surface area (Å²) in [6, 6.07) is 33.9. The number of rotatable bonds is 4. The SMILES string of the molecule is c1ccc(Cc2cc(-c3ccccn3)ccc2-c2ccccc2)cc1. The third kappa shape index (κ3) is 3.51. The maximum absolute atomic E-state index is 4.50. The lowest BCUT2D eigenvalue weighted by Gasteiger charge is -2.13. The molecular formula is C24H19N. The Hall–Kier alpha value is -3.19. The molecule has 0 spiro atoms. The van der Waals surface area contributed by atoms with Gasteiger partial charge in [0, 0.05) is 11.8 Å². The van der Waals surface area contributed by atoms with Crippen LogP contribution in [0.1, 0.15) is 11.1 Å². The summed E-state index contributed by atoms with van der Waals surface area (Å²) < 4.78 is 0. The highest BCUT2D eigenvalue weighted by Crippen LogP contribution is 2.29.